The van der Waals surface area contributed by atoms with E-state index in [0.29, 0.717) is 12.4 Å². The molecule has 2 heterocycles. The number of nitrogens with one attached hydrogen (secondary N) is 3. The molecule has 0 aliphatic carbocycles. The molecule has 0 aliphatic rings. The number of nitrogens with two attached hydrogens (primary N) is 1. The number of nitrogens with zero attached hydrogens (tertiary/aromatic N) is 3. The van der Waals surface area contributed by atoms with E-state index in [1.165, 1.54) is 11.1 Å². The van der Waals surface area contributed by atoms with Crippen molar-refractivity contribution >= 4 is 34.8 Å². The van der Waals surface area contributed by atoms with Crippen LogP contribution in [0.3, 0.4) is 0 Å². The van der Waals surface area contributed by atoms with Crippen LogP contribution < -0.4 is 21.1 Å². The van der Waals surface area contributed by atoms with Gasteiger partial charge in [0.1, 0.15) is 11.6 Å². The zero-order valence-electron chi connectivity index (χ0n) is 19.7. The number of fused-ring (bicyclic) bond motifs is 1. The van der Waals surface area contributed by atoms with Crippen LogP contribution in [0, 0.1) is 5.41 Å². The molecule has 0 radical (unpaired) electrons. The second-order valence-electron chi connectivity index (χ2n) is 7.99. The maximum Gasteiger partial charge on any atom is 0.185 e. The molecule has 5 N–H and O–H groups in total. The summed E-state index contributed by atoms with van der Waals surface area (Å²) in [5, 5.41) is 14.4. The fourth-order valence-electron chi connectivity index (χ4n) is 3.64. The van der Waals surface area contributed by atoms with Gasteiger partial charge in [-0.1, -0.05) is 30.3 Å². The zero-order valence-corrected chi connectivity index (χ0v) is 19.7. The molecule has 178 valence electrons. The molecule has 0 bridgehead atoms. The maximum atomic E-state index is 7.23. The van der Waals surface area contributed by atoms with E-state index in [0.717, 1.165) is 47.6 Å². The molecule has 0 saturated heterocycles. The van der Waals surface area contributed by atoms with Gasteiger partial charge in [0.25, 0.3) is 0 Å². The van der Waals surface area contributed by atoms with Crippen molar-refractivity contribution in [2.24, 2.45) is 5.73 Å². The van der Waals surface area contributed by atoms with E-state index in [4.69, 9.17) is 25.8 Å². The fourth-order valence-corrected chi connectivity index (χ4v) is 3.64. The molecule has 0 spiro atoms. The van der Waals surface area contributed by atoms with Gasteiger partial charge in [-0.3, -0.25) is 10.4 Å². The highest BCUT2D eigenvalue weighted by molar-refractivity contribution is 5.91. The van der Waals surface area contributed by atoms with Gasteiger partial charge in [0.2, 0.25) is 0 Å². The van der Waals surface area contributed by atoms with E-state index in [9.17, 15) is 0 Å². The molecule has 2 aromatic carbocycles. The van der Waals surface area contributed by atoms with Crippen molar-refractivity contribution in [1.82, 2.24) is 20.3 Å². The molecular weight excluding hydrogens is 438 g/mol. The topological polar surface area (TPSA) is 122 Å². The lowest BCUT2D eigenvalue weighted by atomic mass is 10.1. The van der Waals surface area contributed by atoms with Gasteiger partial charge in [-0.2, -0.15) is 0 Å². The van der Waals surface area contributed by atoms with Crippen LogP contribution in [0.4, 0.5) is 5.82 Å². The predicted molar refractivity (Wildman–Crippen MR) is 142 cm³/mol. The van der Waals surface area contributed by atoms with Crippen LogP contribution in [0.25, 0.3) is 23.1 Å². The van der Waals surface area contributed by atoms with Crippen molar-refractivity contribution in [2.75, 3.05) is 25.5 Å². The molecule has 0 aliphatic heterocycles. The molecule has 2 aromatic heterocycles. The molecular formula is C27H29N7O. The Balaban J connectivity index is 1.47. The Morgan fingerprint density at radius 2 is 1.74 bits per heavy atom. The second kappa shape index (κ2) is 11.6. The first-order valence-electron chi connectivity index (χ1n) is 11.5. The van der Waals surface area contributed by atoms with Crippen LogP contribution in [0.2, 0.25) is 0 Å². The Hall–Kier alpha value is -4.46. The average molecular weight is 468 g/mol. The highest BCUT2D eigenvalue weighted by Crippen LogP contribution is 2.26. The van der Waals surface area contributed by atoms with Crippen molar-refractivity contribution in [1.29, 1.82) is 5.41 Å². The Bertz CT molecular complexity index is 1300. The quantitative estimate of drug-likeness (QED) is 0.206. The fraction of sp³-hybridized carbons (Fsp3) is 0.185. The molecule has 4 aromatic rings. The number of anilines is 1. The van der Waals surface area contributed by atoms with Gasteiger partial charge in [0, 0.05) is 24.7 Å². The van der Waals surface area contributed by atoms with Crippen molar-refractivity contribution in [3.05, 3.63) is 89.5 Å². The minimum absolute atomic E-state index is 0.00191. The van der Waals surface area contributed by atoms with E-state index < -0.39 is 0 Å². The number of guanidine groups is 1. The Morgan fingerprint density at radius 1 is 0.971 bits per heavy atom. The minimum Gasteiger partial charge on any atom is -0.497 e. The number of rotatable bonds is 10. The van der Waals surface area contributed by atoms with Crippen LogP contribution in [0.5, 0.6) is 5.75 Å². The number of ether oxygens (including phenoxy) is 1. The summed E-state index contributed by atoms with van der Waals surface area (Å²) in [7, 11) is 1.65. The monoisotopic (exact) mass is 467 g/mol. The third-order valence-electron chi connectivity index (χ3n) is 5.47. The zero-order chi connectivity index (χ0) is 24.5. The lowest BCUT2D eigenvalue weighted by Gasteiger charge is -2.11. The van der Waals surface area contributed by atoms with Gasteiger partial charge >= 0.3 is 0 Å². The highest BCUT2D eigenvalue weighted by Gasteiger charge is 2.08. The van der Waals surface area contributed by atoms with E-state index in [2.05, 4.69) is 39.9 Å². The average Bonchev–Trinajstić information content (AvgIpc) is 2.88. The van der Waals surface area contributed by atoms with Gasteiger partial charge in [-0.05, 0) is 66.5 Å². The van der Waals surface area contributed by atoms with Gasteiger partial charge in [0.15, 0.2) is 11.8 Å². The first kappa shape index (κ1) is 23.7. The summed E-state index contributed by atoms with van der Waals surface area (Å²) in [6.45, 7) is 1.37. The first-order chi connectivity index (χ1) is 17.1. The number of methoxy groups -OCH3 is 1. The van der Waals surface area contributed by atoms with Gasteiger partial charge in [0.05, 0.1) is 18.3 Å². The van der Waals surface area contributed by atoms with Crippen LogP contribution in [-0.4, -0.2) is 41.1 Å². The molecule has 0 atom stereocenters. The van der Waals surface area contributed by atoms with Crippen LogP contribution in [-0.2, 0) is 12.8 Å². The second-order valence-corrected chi connectivity index (χ2v) is 7.99. The molecule has 0 saturated carbocycles. The highest BCUT2D eigenvalue weighted by atomic mass is 16.5. The number of hydrogen-bond donors (Lipinski definition) is 4. The molecule has 35 heavy (non-hydrogen) atoms. The third-order valence-corrected chi connectivity index (χ3v) is 5.47. The predicted octanol–water partition coefficient (Wildman–Crippen LogP) is 3.88. The summed E-state index contributed by atoms with van der Waals surface area (Å²) < 4.78 is 5.41. The SMILES string of the molecule is COc1ccc2nc(C=Cc3ccccn3)nc(NCCc3ccc(CCNC(=N)N)cc3)c2c1. The van der Waals surface area contributed by atoms with Crippen LogP contribution >= 0.6 is 0 Å². The molecule has 0 amide bonds. The molecule has 0 fully saturated rings. The van der Waals surface area contributed by atoms with E-state index in [1.54, 1.807) is 13.3 Å². The van der Waals surface area contributed by atoms with Crippen molar-refractivity contribution in [3.63, 3.8) is 0 Å². The molecule has 0 unspecified atom stereocenters. The van der Waals surface area contributed by atoms with E-state index >= 15 is 0 Å². The Kier molecular flexibility index (Phi) is 7.85. The Morgan fingerprint density at radius 3 is 2.43 bits per heavy atom. The summed E-state index contributed by atoms with van der Waals surface area (Å²) in [6, 6.07) is 20.1. The van der Waals surface area contributed by atoms with E-state index in [1.807, 2.05) is 48.6 Å². The minimum atomic E-state index is -0.00191. The normalized spacial score (nSPS) is 11.0. The maximum absolute atomic E-state index is 7.23. The van der Waals surface area contributed by atoms with Gasteiger partial charge in [-0.25, -0.2) is 9.97 Å². The van der Waals surface area contributed by atoms with Crippen molar-refractivity contribution < 1.29 is 4.74 Å². The standard InChI is InChI=1S/C27H29N7O/c1-35-22-10-11-24-23(18-22)26(34-25(33-24)12-9-21-4-2-3-15-30-21)31-16-13-19-5-7-20(8-6-19)14-17-32-27(28)29/h2-12,15,18H,13-14,16-17H2,1H3,(H4,28,29,32)(H,31,33,34). The van der Waals surface area contributed by atoms with Crippen LogP contribution in [0.1, 0.15) is 22.6 Å². The summed E-state index contributed by atoms with van der Waals surface area (Å²) in [4.78, 5) is 13.8. The Labute approximate surface area is 204 Å². The number of aromatic nitrogens is 3. The lowest BCUT2D eigenvalue weighted by Crippen LogP contribution is -2.31. The van der Waals surface area contributed by atoms with Crippen LogP contribution in [0.15, 0.2) is 66.9 Å². The third kappa shape index (κ3) is 6.77. The van der Waals surface area contributed by atoms with Gasteiger partial charge < -0.3 is 21.1 Å². The summed E-state index contributed by atoms with van der Waals surface area (Å²) in [5.74, 6) is 2.13. The number of pyridine rings is 1. The van der Waals surface area contributed by atoms with Crippen molar-refractivity contribution in [3.8, 4) is 5.75 Å². The van der Waals surface area contributed by atoms with Crippen molar-refractivity contribution in [2.45, 2.75) is 12.8 Å². The largest absolute Gasteiger partial charge is 0.497 e. The molecule has 4 rings (SSSR count). The van der Waals surface area contributed by atoms with Gasteiger partial charge in [-0.15, -0.1) is 0 Å². The summed E-state index contributed by atoms with van der Waals surface area (Å²) in [6.07, 6.45) is 7.21. The molecule has 8 heteroatoms. The molecule has 8 nitrogen and oxygen atoms in total. The first-order valence-corrected chi connectivity index (χ1v) is 11.5. The number of hydrogen-bond acceptors (Lipinski definition) is 6. The van der Waals surface area contributed by atoms with E-state index in [-0.39, 0.29) is 5.96 Å². The summed E-state index contributed by atoms with van der Waals surface area (Å²) >= 11 is 0. The number of benzene rings is 2. The lowest BCUT2D eigenvalue weighted by molar-refractivity contribution is 0.415. The summed E-state index contributed by atoms with van der Waals surface area (Å²) in [5.41, 5.74) is 9.45. The smallest absolute Gasteiger partial charge is 0.185 e.